The lowest BCUT2D eigenvalue weighted by atomic mass is 9.94. The number of ether oxygens (including phenoxy) is 1. The summed E-state index contributed by atoms with van der Waals surface area (Å²) < 4.78 is 5.56. The molecule has 2 heteroatoms. The quantitative estimate of drug-likeness (QED) is 0.810. The highest BCUT2D eigenvalue weighted by Crippen LogP contribution is 2.26. The van der Waals surface area contributed by atoms with Crippen LogP contribution in [0.1, 0.15) is 44.2 Å². The predicted molar refractivity (Wildman–Crippen MR) is 80.9 cm³/mol. The van der Waals surface area contributed by atoms with Crippen LogP contribution in [-0.4, -0.2) is 19.7 Å². The largest absolute Gasteiger partial charge is 0.493 e. The maximum Gasteiger partial charge on any atom is 0.122 e. The zero-order chi connectivity index (χ0) is 13.7. The van der Waals surface area contributed by atoms with E-state index < -0.39 is 0 Å². The Labute approximate surface area is 117 Å². The molecule has 19 heavy (non-hydrogen) atoms. The van der Waals surface area contributed by atoms with E-state index in [-0.39, 0.29) is 0 Å². The molecular weight excluding hydrogens is 234 g/mol. The van der Waals surface area contributed by atoms with Gasteiger partial charge in [-0.15, -0.1) is 0 Å². The van der Waals surface area contributed by atoms with Gasteiger partial charge in [0.15, 0.2) is 0 Å². The molecule has 0 saturated carbocycles. The Bertz CT molecular complexity index is 402. The fourth-order valence-corrected chi connectivity index (χ4v) is 2.77. The Hall–Kier alpha value is -1.02. The van der Waals surface area contributed by atoms with Gasteiger partial charge in [-0.05, 0) is 49.4 Å². The molecule has 1 aliphatic heterocycles. The molecule has 1 N–H and O–H groups in total. The molecular formula is C17H27NO. The molecule has 0 bridgehead atoms. The van der Waals surface area contributed by atoms with E-state index in [0.29, 0.717) is 6.04 Å². The van der Waals surface area contributed by atoms with Crippen LogP contribution in [0, 0.1) is 5.92 Å². The number of rotatable bonds is 7. The van der Waals surface area contributed by atoms with Gasteiger partial charge >= 0.3 is 0 Å². The van der Waals surface area contributed by atoms with E-state index in [9.17, 15) is 0 Å². The molecule has 0 radical (unpaired) electrons. The molecule has 1 aliphatic rings. The second kappa shape index (κ2) is 6.95. The van der Waals surface area contributed by atoms with Crippen molar-refractivity contribution in [2.24, 2.45) is 5.92 Å². The van der Waals surface area contributed by atoms with Gasteiger partial charge in [-0.1, -0.05) is 32.4 Å². The molecule has 2 rings (SSSR count). The third-order valence-corrected chi connectivity index (χ3v) is 4.33. The number of fused-ring (bicyclic) bond motifs is 1. The van der Waals surface area contributed by atoms with Gasteiger partial charge in [-0.2, -0.15) is 0 Å². The van der Waals surface area contributed by atoms with Crippen LogP contribution in [0.3, 0.4) is 0 Å². The molecule has 1 aromatic carbocycles. The lowest BCUT2D eigenvalue weighted by Crippen LogP contribution is -2.27. The van der Waals surface area contributed by atoms with Crippen LogP contribution in [0.15, 0.2) is 18.2 Å². The van der Waals surface area contributed by atoms with Crippen molar-refractivity contribution in [3.8, 4) is 5.75 Å². The Kier molecular flexibility index (Phi) is 5.26. The van der Waals surface area contributed by atoms with E-state index in [1.54, 1.807) is 0 Å². The van der Waals surface area contributed by atoms with E-state index in [2.05, 4.69) is 44.4 Å². The van der Waals surface area contributed by atoms with E-state index in [1.165, 1.54) is 30.4 Å². The summed E-state index contributed by atoms with van der Waals surface area (Å²) in [4.78, 5) is 0. The van der Waals surface area contributed by atoms with Gasteiger partial charge in [-0.25, -0.2) is 0 Å². The van der Waals surface area contributed by atoms with Gasteiger partial charge in [0.2, 0.25) is 0 Å². The third-order valence-electron chi connectivity index (χ3n) is 4.33. The molecule has 106 valence electrons. The first-order valence-corrected chi connectivity index (χ1v) is 7.64. The minimum atomic E-state index is 0.638. The fourth-order valence-electron chi connectivity index (χ4n) is 2.77. The van der Waals surface area contributed by atoms with Crippen LogP contribution >= 0.6 is 0 Å². The van der Waals surface area contributed by atoms with Crippen molar-refractivity contribution >= 4 is 0 Å². The maximum absolute atomic E-state index is 5.56. The fraction of sp³-hybridized carbons (Fsp3) is 0.647. The summed E-state index contributed by atoms with van der Waals surface area (Å²) in [5.41, 5.74) is 2.84. The molecule has 1 aromatic rings. The van der Waals surface area contributed by atoms with Crippen molar-refractivity contribution in [3.63, 3.8) is 0 Å². The minimum absolute atomic E-state index is 0.638. The average Bonchev–Trinajstić information content (AvgIpc) is 2.90. The van der Waals surface area contributed by atoms with Gasteiger partial charge in [-0.3, -0.25) is 0 Å². The molecule has 1 heterocycles. The summed E-state index contributed by atoms with van der Waals surface area (Å²) in [6.07, 6.45) is 6.01. The first-order chi connectivity index (χ1) is 9.22. The van der Waals surface area contributed by atoms with Crippen molar-refractivity contribution in [1.29, 1.82) is 0 Å². The molecule has 0 aromatic heterocycles. The highest BCUT2D eigenvalue weighted by atomic mass is 16.5. The summed E-state index contributed by atoms with van der Waals surface area (Å²) in [5.74, 6) is 1.90. The van der Waals surface area contributed by atoms with Crippen molar-refractivity contribution in [2.45, 2.75) is 52.0 Å². The molecule has 0 fully saturated rings. The highest BCUT2D eigenvalue weighted by molar-refractivity contribution is 5.39. The lowest BCUT2D eigenvalue weighted by molar-refractivity contribution is 0.357. The average molecular weight is 261 g/mol. The normalized spacial score (nSPS) is 16.8. The van der Waals surface area contributed by atoms with Gasteiger partial charge in [0.25, 0.3) is 0 Å². The first kappa shape index (κ1) is 14.4. The first-order valence-electron chi connectivity index (χ1n) is 7.64. The Morgan fingerprint density at radius 2 is 2.21 bits per heavy atom. The van der Waals surface area contributed by atoms with E-state index in [4.69, 9.17) is 4.74 Å². The van der Waals surface area contributed by atoms with Gasteiger partial charge in [0, 0.05) is 12.5 Å². The van der Waals surface area contributed by atoms with Crippen LogP contribution in [0.5, 0.6) is 5.75 Å². The van der Waals surface area contributed by atoms with Crippen LogP contribution in [0.2, 0.25) is 0 Å². The topological polar surface area (TPSA) is 21.3 Å². The second-order valence-corrected chi connectivity index (χ2v) is 5.81. The van der Waals surface area contributed by atoms with Gasteiger partial charge in [0.05, 0.1) is 6.61 Å². The van der Waals surface area contributed by atoms with Gasteiger partial charge < -0.3 is 10.1 Å². The molecule has 0 saturated heterocycles. The molecule has 0 spiro atoms. The SMILES string of the molecule is CCC(C)CC(CCc1ccc2c(c1)CCO2)NC. The maximum atomic E-state index is 5.56. The summed E-state index contributed by atoms with van der Waals surface area (Å²) >= 11 is 0. The van der Waals surface area contributed by atoms with Crippen molar-refractivity contribution in [1.82, 2.24) is 5.32 Å². The second-order valence-electron chi connectivity index (χ2n) is 5.81. The number of nitrogens with one attached hydrogen (secondary N) is 1. The van der Waals surface area contributed by atoms with Crippen LogP contribution < -0.4 is 10.1 Å². The molecule has 2 atom stereocenters. The zero-order valence-electron chi connectivity index (χ0n) is 12.5. The van der Waals surface area contributed by atoms with Crippen LogP contribution in [0.25, 0.3) is 0 Å². The number of aryl methyl sites for hydroxylation is 1. The van der Waals surface area contributed by atoms with Crippen molar-refractivity contribution < 1.29 is 4.74 Å². The molecule has 2 nitrogen and oxygen atoms in total. The summed E-state index contributed by atoms with van der Waals surface area (Å²) in [7, 11) is 2.09. The third kappa shape index (κ3) is 3.97. The van der Waals surface area contributed by atoms with E-state index in [1.807, 2.05) is 0 Å². The zero-order valence-corrected chi connectivity index (χ0v) is 12.5. The predicted octanol–water partition coefficient (Wildman–Crippen LogP) is 3.58. The van der Waals surface area contributed by atoms with Crippen LogP contribution in [-0.2, 0) is 12.8 Å². The minimum Gasteiger partial charge on any atom is -0.493 e. The lowest BCUT2D eigenvalue weighted by Gasteiger charge is -2.19. The van der Waals surface area contributed by atoms with Crippen LogP contribution in [0.4, 0.5) is 0 Å². The monoisotopic (exact) mass is 261 g/mol. The molecule has 0 amide bonds. The number of hydrogen-bond donors (Lipinski definition) is 1. The molecule has 0 aliphatic carbocycles. The van der Waals surface area contributed by atoms with E-state index >= 15 is 0 Å². The Morgan fingerprint density at radius 1 is 1.37 bits per heavy atom. The van der Waals surface area contributed by atoms with Crippen molar-refractivity contribution in [3.05, 3.63) is 29.3 Å². The van der Waals surface area contributed by atoms with E-state index in [0.717, 1.165) is 31.1 Å². The summed E-state index contributed by atoms with van der Waals surface area (Å²) in [6.45, 7) is 5.47. The smallest absolute Gasteiger partial charge is 0.122 e. The number of benzene rings is 1. The van der Waals surface area contributed by atoms with Crippen molar-refractivity contribution in [2.75, 3.05) is 13.7 Å². The Balaban J connectivity index is 1.87. The highest BCUT2D eigenvalue weighted by Gasteiger charge is 2.14. The summed E-state index contributed by atoms with van der Waals surface area (Å²) in [6, 6.07) is 7.33. The summed E-state index contributed by atoms with van der Waals surface area (Å²) in [5, 5.41) is 3.47. The Morgan fingerprint density at radius 3 is 2.95 bits per heavy atom. The number of hydrogen-bond acceptors (Lipinski definition) is 2. The molecule has 2 unspecified atom stereocenters. The van der Waals surface area contributed by atoms with Gasteiger partial charge in [0.1, 0.15) is 5.75 Å². The standard InChI is InChI=1S/C17H27NO/c1-4-13(2)11-16(18-3)7-5-14-6-8-17-15(12-14)9-10-19-17/h6,8,12-13,16,18H,4-5,7,9-11H2,1-3H3.